The van der Waals surface area contributed by atoms with E-state index in [0.29, 0.717) is 11.6 Å². The van der Waals surface area contributed by atoms with E-state index in [4.69, 9.17) is 4.74 Å². The average molecular weight is 442 g/mol. The van der Waals surface area contributed by atoms with Crippen LogP contribution in [0.5, 0.6) is 0 Å². The molecule has 2 aromatic carbocycles. The van der Waals surface area contributed by atoms with Crippen LogP contribution < -0.4 is 4.72 Å². The molecular weight excluding hydrogens is 428 g/mol. The van der Waals surface area contributed by atoms with Crippen LogP contribution in [0.25, 0.3) is 10.9 Å². The van der Waals surface area contributed by atoms with E-state index in [1.54, 1.807) is 6.07 Å². The smallest absolute Gasteiger partial charge is 0.416 e. The minimum Gasteiger partial charge on any atom is -0.460 e. The lowest BCUT2D eigenvalue weighted by Gasteiger charge is -2.11. The van der Waals surface area contributed by atoms with Gasteiger partial charge in [-0.2, -0.15) is 17.9 Å². The summed E-state index contributed by atoms with van der Waals surface area (Å²) >= 11 is 0. The Bertz CT molecular complexity index is 1200. The molecule has 0 saturated heterocycles. The Balaban J connectivity index is 1.65. The fraction of sp³-hybridized carbons (Fsp3) is 0.158. The maximum Gasteiger partial charge on any atom is 0.416 e. The highest BCUT2D eigenvalue weighted by atomic mass is 32.2. The van der Waals surface area contributed by atoms with Crippen LogP contribution in [-0.2, 0) is 32.3 Å². The van der Waals surface area contributed by atoms with E-state index in [1.807, 2.05) is 4.72 Å². The third-order valence-electron chi connectivity index (χ3n) is 4.07. The zero-order valence-electron chi connectivity index (χ0n) is 15.1. The molecule has 0 saturated carbocycles. The van der Waals surface area contributed by atoms with Crippen molar-refractivity contribution >= 4 is 26.9 Å². The second-order valence-corrected chi connectivity index (χ2v) is 7.88. The van der Waals surface area contributed by atoms with Crippen molar-refractivity contribution in [2.45, 2.75) is 17.7 Å². The minimum absolute atomic E-state index is 0.233. The van der Waals surface area contributed by atoms with Crippen molar-refractivity contribution in [3.05, 3.63) is 71.7 Å². The van der Waals surface area contributed by atoms with Crippen LogP contribution in [0.3, 0.4) is 0 Å². The summed E-state index contributed by atoms with van der Waals surface area (Å²) in [6.07, 6.45) is -3.27. The summed E-state index contributed by atoms with van der Waals surface area (Å²) in [6.45, 7) is -1.09. The molecule has 0 fully saturated rings. The molecule has 0 unspecified atom stereocenters. The Morgan fingerprint density at radius 1 is 1.10 bits per heavy atom. The SMILES string of the molecule is O=C(CNS(=O)(=O)c1cccc(C(F)(F)F)c1)OCc1ccc(F)c2cccnc12. The van der Waals surface area contributed by atoms with Gasteiger partial charge in [0.2, 0.25) is 10.0 Å². The number of alkyl halides is 3. The third kappa shape index (κ3) is 4.92. The average Bonchev–Trinajstić information content (AvgIpc) is 2.71. The van der Waals surface area contributed by atoms with Gasteiger partial charge in [0, 0.05) is 17.1 Å². The van der Waals surface area contributed by atoms with Gasteiger partial charge in [-0.3, -0.25) is 9.78 Å². The van der Waals surface area contributed by atoms with Crippen molar-refractivity contribution in [3.8, 4) is 0 Å². The van der Waals surface area contributed by atoms with Crippen LogP contribution in [0.2, 0.25) is 0 Å². The number of pyridine rings is 1. The van der Waals surface area contributed by atoms with Gasteiger partial charge in [0.1, 0.15) is 19.0 Å². The van der Waals surface area contributed by atoms with E-state index >= 15 is 0 Å². The molecule has 0 aliphatic rings. The maximum absolute atomic E-state index is 13.8. The van der Waals surface area contributed by atoms with E-state index in [1.165, 1.54) is 24.4 Å². The molecule has 0 radical (unpaired) electrons. The number of hydrogen-bond acceptors (Lipinski definition) is 5. The molecule has 3 rings (SSSR count). The van der Waals surface area contributed by atoms with Crippen molar-refractivity contribution in [2.24, 2.45) is 0 Å². The first-order valence-corrected chi connectivity index (χ1v) is 9.91. The molecule has 1 aromatic heterocycles. The first-order chi connectivity index (χ1) is 14.1. The second-order valence-electron chi connectivity index (χ2n) is 6.12. The van der Waals surface area contributed by atoms with Gasteiger partial charge in [-0.15, -0.1) is 0 Å². The fourth-order valence-corrected chi connectivity index (χ4v) is 3.61. The fourth-order valence-electron chi connectivity index (χ4n) is 2.60. The molecule has 1 N–H and O–H groups in total. The number of aromatic nitrogens is 1. The first kappa shape index (κ1) is 21.7. The van der Waals surface area contributed by atoms with Crippen LogP contribution >= 0.6 is 0 Å². The van der Waals surface area contributed by atoms with E-state index < -0.39 is 45.0 Å². The quantitative estimate of drug-likeness (QED) is 0.467. The number of sulfonamides is 1. The molecule has 6 nitrogen and oxygen atoms in total. The molecule has 0 amide bonds. The molecule has 30 heavy (non-hydrogen) atoms. The van der Waals surface area contributed by atoms with Crippen LogP contribution in [-0.4, -0.2) is 25.9 Å². The summed E-state index contributed by atoms with van der Waals surface area (Å²) in [6, 6.07) is 8.73. The summed E-state index contributed by atoms with van der Waals surface area (Å²) in [5.74, 6) is -1.47. The minimum atomic E-state index is -4.71. The lowest BCUT2D eigenvalue weighted by molar-refractivity contribution is -0.143. The van der Waals surface area contributed by atoms with E-state index in [0.717, 1.165) is 18.2 Å². The number of rotatable bonds is 6. The van der Waals surface area contributed by atoms with E-state index in [9.17, 15) is 30.8 Å². The maximum atomic E-state index is 13.8. The predicted octanol–water partition coefficient (Wildman–Crippen LogP) is 3.41. The molecule has 158 valence electrons. The summed E-state index contributed by atoms with van der Waals surface area (Å²) in [5, 5.41) is 0.233. The number of benzene rings is 2. The lowest BCUT2D eigenvalue weighted by atomic mass is 10.1. The van der Waals surface area contributed by atoms with Gasteiger partial charge in [0.15, 0.2) is 0 Å². The third-order valence-corrected chi connectivity index (χ3v) is 5.47. The van der Waals surface area contributed by atoms with Crippen LogP contribution in [0.4, 0.5) is 17.6 Å². The number of nitrogens with zero attached hydrogens (tertiary/aromatic N) is 1. The Labute approximate surface area is 168 Å². The second kappa shape index (κ2) is 8.36. The van der Waals surface area contributed by atoms with Crippen molar-refractivity contribution in [3.63, 3.8) is 0 Å². The van der Waals surface area contributed by atoms with Crippen LogP contribution in [0.1, 0.15) is 11.1 Å². The number of ether oxygens (including phenoxy) is 1. The van der Waals surface area contributed by atoms with E-state index in [-0.39, 0.29) is 17.5 Å². The molecular formula is C19H14F4N2O4S. The van der Waals surface area contributed by atoms with Gasteiger partial charge in [0.25, 0.3) is 0 Å². The van der Waals surface area contributed by atoms with Crippen LogP contribution in [0.15, 0.2) is 59.6 Å². The first-order valence-electron chi connectivity index (χ1n) is 8.42. The summed E-state index contributed by atoms with van der Waals surface area (Å²) in [4.78, 5) is 15.3. The summed E-state index contributed by atoms with van der Waals surface area (Å²) < 4.78 is 83.2. The number of halogens is 4. The molecule has 3 aromatic rings. The predicted molar refractivity (Wildman–Crippen MR) is 98.1 cm³/mol. The summed E-state index contributed by atoms with van der Waals surface area (Å²) in [7, 11) is -4.37. The molecule has 0 spiro atoms. The molecule has 0 bridgehead atoms. The Morgan fingerprint density at radius 3 is 2.60 bits per heavy atom. The van der Waals surface area contributed by atoms with Gasteiger partial charge in [-0.05, 0) is 36.4 Å². The highest BCUT2D eigenvalue weighted by Crippen LogP contribution is 2.30. The number of hydrogen-bond donors (Lipinski definition) is 1. The Morgan fingerprint density at radius 2 is 1.87 bits per heavy atom. The molecule has 1 heterocycles. The molecule has 0 aliphatic heterocycles. The van der Waals surface area contributed by atoms with Gasteiger partial charge < -0.3 is 4.74 Å². The highest BCUT2D eigenvalue weighted by Gasteiger charge is 2.31. The zero-order valence-corrected chi connectivity index (χ0v) is 15.9. The van der Waals surface area contributed by atoms with Gasteiger partial charge >= 0.3 is 12.1 Å². The largest absolute Gasteiger partial charge is 0.460 e. The molecule has 11 heteroatoms. The van der Waals surface area contributed by atoms with Crippen LogP contribution in [0, 0.1) is 5.82 Å². The Hall–Kier alpha value is -3.05. The normalized spacial score (nSPS) is 12.1. The number of carbonyl (C=O) groups excluding carboxylic acids is 1. The highest BCUT2D eigenvalue weighted by molar-refractivity contribution is 7.89. The van der Waals surface area contributed by atoms with Crippen molar-refractivity contribution in [1.82, 2.24) is 9.71 Å². The number of fused-ring (bicyclic) bond motifs is 1. The monoisotopic (exact) mass is 442 g/mol. The molecule has 0 atom stereocenters. The molecule has 0 aliphatic carbocycles. The van der Waals surface area contributed by atoms with Gasteiger partial charge in [-0.1, -0.05) is 12.1 Å². The van der Waals surface area contributed by atoms with Gasteiger partial charge in [0.05, 0.1) is 16.0 Å². The Kier molecular flexibility index (Phi) is 6.04. The van der Waals surface area contributed by atoms with Crippen molar-refractivity contribution < 1.29 is 35.5 Å². The number of nitrogens with one attached hydrogen (secondary N) is 1. The number of carbonyl (C=O) groups is 1. The lowest BCUT2D eigenvalue weighted by Crippen LogP contribution is -2.30. The van der Waals surface area contributed by atoms with Crippen molar-refractivity contribution in [1.29, 1.82) is 0 Å². The number of esters is 1. The topological polar surface area (TPSA) is 85.4 Å². The standard InChI is InChI=1S/C19H14F4N2O4S/c20-16-7-6-12(18-15(16)5-2-8-24-18)11-29-17(26)10-25-30(27,28)14-4-1-3-13(9-14)19(21,22)23/h1-9,25H,10-11H2. The van der Waals surface area contributed by atoms with Crippen molar-refractivity contribution in [2.75, 3.05) is 6.54 Å². The summed E-state index contributed by atoms with van der Waals surface area (Å²) in [5.41, 5.74) is -0.445. The van der Waals surface area contributed by atoms with Gasteiger partial charge in [-0.25, -0.2) is 12.8 Å². The zero-order chi connectivity index (χ0) is 21.9. The van der Waals surface area contributed by atoms with E-state index in [2.05, 4.69) is 4.98 Å².